The van der Waals surface area contributed by atoms with Crippen molar-refractivity contribution in [3.05, 3.63) is 29.8 Å². The van der Waals surface area contributed by atoms with Crippen molar-refractivity contribution in [3.63, 3.8) is 0 Å². The molecular weight excluding hydrogens is 212 g/mol. The van der Waals surface area contributed by atoms with E-state index < -0.39 is 5.41 Å². The van der Waals surface area contributed by atoms with E-state index in [1.165, 1.54) is 0 Å². The third-order valence-corrected chi connectivity index (χ3v) is 4.02. The van der Waals surface area contributed by atoms with Gasteiger partial charge in [-0.3, -0.25) is 4.79 Å². The van der Waals surface area contributed by atoms with Crippen molar-refractivity contribution in [2.45, 2.75) is 38.1 Å². The van der Waals surface area contributed by atoms with Crippen molar-refractivity contribution >= 4 is 11.6 Å². The number of likely N-dealkylation sites (N-methyl/N-ethyl adjacent to an activating group) is 1. The quantitative estimate of drug-likeness (QED) is 0.754. The topological polar surface area (TPSA) is 46.3 Å². The van der Waals surface area contributed by atoms with E-state index in [-0.39, 0.29) is 11.4 Å². The van der Waals surface area contributed by atoms with Crippen molar-refractivity contribution in [3.8, 4) is 0 Å². The van der Waals surface area contributed by atoms with E-state index in [1.54, 1.807) is 0 Å². The number of nitrogens with zero attached hydrogens (tertiary/aromatic N) is 1. The molecule has 2 rings (SSSR count). The Morgan fingerprint density at radius 2 is 1.71 bits per heavy atom. The molecule has 1 aliphatic heterocycles. The molecule has 1 heterocycles. The van der Waals surface area contributed by atoms with Gasteiger partial charge in [0.15, 0.2) is 0 Å². The van der Waals surface area contributed by atoms with Crippen LogP contribution in [0.15, 0.2) is 24.3 Å². The van der Waals surface area contributed by atoms with Crippen LogP contribution in [0.4, 0.5) is 5.69 Å². The van der Waals surface area contributed by atoms with Crippen LogP contribution in [0.5, 0.6) is 0 Å². The molecule has 0 spiro atoms. The molecule has 0 radical (unpaired) electrons. The molecule has 3 nitrogen and oxygen atoms in total. The number of nitrogen functional groups attached to an aromatic ring is 1. The predicted molar refractivity (Wildman–Crippen MR) is 69.7 cm³/mol. The van der Waals surface area contributed by atoms with Gasteiger partial charge in [0.25, 0.3) is 0 Å². The molecule has 92 valence electrons. The van der Waals surface area contributed by atoms with Gasteiger partial charge < -0.3 is 10.6 Å². The molecule has 2 N–H and O–H groups in total. The molecule has 1 aromatic carbocycles. The second kappa shape index (κ2) is 3.49. The summed E-state index contributed by atoms with van der Waals surface area (Å²) in [6.07, 6.45) is 0.833. The highest BCUT2D eigenvalue weighted by molar-refractivity contribution is 5.91. The summed E-state index contributed by atoms with van der Waals surface area (Å²) in [6, 6.07) is 7.64. The monoisotopic (exact) mass is 232 g/mol. The molecule has 0 unspecified atom stereocenters. The summed E-state index contributed by atoms with van der Waals surface area (Å²) in [5.74, 6) is 0.187. The fraction of sp³-hybridized carbons (Fsp3) is 0.500. The highest BCUT2D eigenvalue weighted by Gasteiger charge is 2.51. The second-order valence-corrected chi connectivity index (χ2v) is 5.81. The first-order valence-electron chi connectivity index (χ1n) is 5.92. The lowest BCUT2D eigenvalue weighted by Gasteiger charge is -2.26. The first-order chi connectivity index (χ1) is 7.77. The van der Waals surface area contributed by atoms with E-state index in [0.29, 0.717) is 0 Å². The van der Waals surface area contributed by atoms with Gasteiger partial charge in [-0.25, -0.2) is 0 Å². The molecule has 1 fully saturated rings. The molecule has 0 saturated carbocycles. The molecule has 1 aliphatic rings. The summed E-state index contributed by atoms with van der Waals surface area (Å²) >= 11 is 0. The van der Waals surface area contributed by atoms with E-state index in [0.717, 1.165) is 17.7 Å². The molecule has 0 bridgehead atoms. The molecule has 1 aromatic rings. The number of rotatable bonds is 1. The van der Waals surface area contributed by atoms with Crippen molar-refractivity contribution in [1.29, 1.82) is 0 Å². The Hall–Kier alpha value is -1.51. The van der Waals surface area contributed by atoms with Crippen LogP contribution in [-0.4, -0.2) is 23.4 Å². The number of hydrogen-bond acceptors (Lipinski definition) is 2. The first-order valence-corrected chi connectivity index (χ1v) is 5.92. The molecule has 0 aliphatic carbocycles. The van der Waals surface area contributed by atoms with Gasteiger partial charge in [0, 0.05) is 18.3 Å². The Kier molecular flexibility index (Phi) is 2.45. The Morgan fingerprint density at radius 1 is 1.18 bits per heavy atom. The lowest BCUT2D eigenvalue weighted by atomic mass is 9.77. The smallest absolute Gasteiger partial charge is 0.233 e. The maximum atomic E-state index is 12.4. The maximum absolute atomic E-state index is 12.4. The van der Waals surface area contributed by atoms with E-state index in [2.05, 4.69) is 13.8 Å². The molecule has 0 aromatic heterocycles. The zero-order chi connectivity index (χ0) is 12.8. The van der Waals surface area contributed by atoms with Gasteiger partial charge in [0.1, 0.15) is 0 Å². The maximum Gasteiger partial charge on any atom is 0.233 e. The van der Waals surface area contributed by atoms with Crippen molar-refractivity contribution in [2.24, 2.45) is 0 Å². The Morgan fingerprint density at radius 3 is 2.12 bits per heavy atom. The van der Waals surface area contributed by atoms with Crippen LogP contribution >= 0.6 is 0 Å². The number of hydrogen-bond donors (Lipinski definition) is 1. The minimum absolute atomic E-state index is 0.0901. The molecule has 1 amide bonds. The second-order valence-electron chi connectivity index (χ2n) is 5.81. The van der Waals surface area contributed by atoms with Crippen LogP contribution in [0.25, 0.3) is 0 Å². The van der Waals surface area contributed by atoms with Crippen LogP contribution in [0.2, 0.25) is 0 Å². The summed E-state index contributed by atoms with van der Waals surface area (Å²) in [5.41, 5.74) is 6.96. The van der Waals surface area contributed by atoms with Gasteiger partial charge in [-0.15, -0.1) is 0 Å². The minimum atomic E-state index is -0.425. The average molecular weight is 232 g/mol. The van der Waals surface area contributed by atoms with Crippen molar-refractivity contribution < 1.29 is 4.79 Å². The summed E-state index contributed by atoms with van der Waals surface area (Å²) in [6.45, 7) is 6.23. The summed E-state index contributed by atoms with van der Waals surface area (Å²) in [5, 5.41) is 0. The van der Waals surface area contributed by atoms with Crippen LogP contribution in [0, 0.1) is 0 Å². The standard InChI is InChI=1S/C14H20N2O/c1-13(2)9-14(3,12(17)16(13)4)10-5-7-11(15)8-6-10/h5-8H,9,15H2,1-4H3/t14-/m1/s1. The summed E-state index contributed by atoms with van der Waals surface area (Å²) in [4.78, 5) is 14.3. The fourth-order valence-corrected chi connectivity index (χ4v) is 2.78. The van der Waals surface area contributed by atoms with Crippen LogP contribution in [0.3, 0.4) is 0 Å². The van der Waals surface area contributed by atoms with E-state index >= 15 is 0 Å². The largest absolute Gasteiger partial charge is 0.399 e. The summed E-state index contributed by atoms with van der Waals surface area (Å²) in [7, 11) is 1.88. The van der Waals surface area contributed by atoms with Gasteiger partial charge in [-0.1, -0.05) is 12.1 Å². The number of benzene rings is 1. The fourth-order valence-electron chi connectivity index (χ4n) is 2.78. The minimum Gasteiger partial charge on any atom is -0.399 e. The Bertz CT molecular complexity index is 450. The van der Waals surface area contributed by atoms with Gasteiger partial charge in [0.05, 0.1) is 5.41 Å². The van der Waals surface area contributed by atoms with Crippen LogP contribution in [0.1, 0.15) is 32.8 Å². The third kappa shape index (κ3) is 1.70. The van der Waals surface area contributed by atoms with Crippen molar-refractivity contribution in [2.75, 3.05) is 12.8 Å². The van der Waals surface area contributed by atoms with Crippen molar-refractivity contribution in [1.82, 2.24) is 4.90 Å². The number of anilines is 1. The molecule has 1 atom stereocenters. The van der Waals surface area contributed by atoms with E-state index in [1.807, 2.05) is 43.1 Å². The Labute approximate surface area is 103 Å². The number of carbonyl (C=O) groups excluding carboxylic acids is 1. The van der Waals surface area contributed by atoms with E-state index in [4.69, 9.17) is 5.73 Å². The van der Waals surface area contributed by atoms with Crippen LogP contribution in [-0.2, 0) is 10.2 Å². The molecule has 1 saturated heterocycles. The zero-order valence-electron chi connectivity index (χ0n) is 10.9. The normalized spacial score (nSPS) is 27.5. The van der Waals surface area contributed by atoms with E-state index in [9.17, 15) is 4.79 Å². The third-order valence-electron chi connectivity index (χ3n) is 4.02. The number of likely N-dealkylation sites (tertiary alicyclic amines) is 1. The van der Waals surface area contributed by atoms with Gasteiger partial charge in [-0.2, -0.15) is 0 Å². The van der Waals surface area contributed by atoms with Gasteiger partial charge in [-0.05, 0) is 44.9 Å². The lowest BCUT2D eigenvalue weighted by Crippen LogP contribution is -2.38. The highest BCUT2D eigenvalue weighted by atomic mass is 16.2. The van der Waals surface area contributed by atoms with Crippen LogP contribution < -0.4 is 5.73 Å². The number of amides is 1. The molecule has 3 heteroatoms. The molecular formula is C14H20N2O. The first kappa shape index (κ1) is 12.0. The SMILES string of the molecule is CN1C(=O)[C@@](C)(c2ccc(N)cc2)CC1(C)C. The van der Waals surface area contributed by atoms with Gasteiger partial charge in [0.2, 0.25) is 5.91 Å². The number of nitrogens with two attached hydrogens (primary N) is 1. The lowest BCUT2D eigenvalue weighted by molar-refractivity contribution is -0.132. The zero-order valence-corrected chi connectivity index (χ0v) is 10.9. The summed E-state index contributed by atoms with van der Waals surface area (Å²) < 4.78 is 0. The molecule has 17 heavy (non-hydrogen) atoms. The Balaban J connectivity index is 2.44. The highest BCUT2D eigenvalue weighted by Crippen LogP contribution is 2.43. The van der Waals surface area contributed by atoms with Gasteiger partial charge >= 0.3 is 0 Å². The average Bonchev–Trinajstić information content (AvgIpc) is 2.41. The number of carbonyl (C=O) groups is 1. The predicted octanol–water partition coefficient (Wildman–Crippen LogP) is 2.17.